The molecule has 0 aromatic heterocycles. The van der Waals surface area contributed by atoms with E-state index < -0.39 is 0 Å². The summed E-state index contributed by atoms with van der Waals surface area (Å²) in [6.07, 6.45) is -0.155. The monoisotopic (exact) mass is 251 g/mol. The number of carbonyl (C=O) groups is 1. The van der Waals surface area contributed by atoms with Crippen molar-refractivity contribution in [2.24, 2.45) is 0 Å². The lowest BCUT2D eigenvalue weighted by atomic mass is 10.2. The fraction of sp³-hybridized carbons (Fsp3) is 0.462. The molecule has 5 nitrogen and oxygen atoms in total. The van der Waals surface area contributed by atoms with Crippen LogP contribution in [-0.2, 0) is 4.74 Å². The van der Waals surface area contributed by atoms with Crippen molar-refractivity contribution in [3.8, 4) is 11.5 Å². The summed E-state index contributed by atoms with van der Waals surface area (Å²) < 4.78 is 15.7. The Kier molecular flexibility index (Phi) is 3.72. The van der Waals surface area contributed by atoms with E-state index in [0.717, 1.165) is 0 Å². The van der Waals surface area contributed by atoms with Gasteiger partial charge in [-0.2, -0.15) is 0 Å². The van der Waals surface area contributed by atoms with Crippen molar-refractivity contribution >= 4 is 5.97 Å². The second-order valence-electron chi connectivity index (χ2n) is 4.55. The number of ether oxygens (including phenoxy) is 3. The number of carbonyl (C=O) groups excluding carboxylic acids is 1. The third-order valence-electron chi connectivity index (χ3n) is 2.54. The molecule has 1 unspecified atom stereocenters. The molecule has 1 aliphatic heterocycles. The van der Waals surface area contributed by atoms with Crippen LogP contribution in [0.2, 0.25) is 0 Å². The second-order valence-corrected chi connectivity index (χ2v) is 4.55. The number of likely N-dealkylation sites (N-methyl/N-ethyl adjacent to an activating group) is 1. The number of fused-ring (bicyclic) bond motifs is 1. The highest BCUT2D eigenvalue weighted by Crippen LogP contribution is 2.32. The van der Waals surface area contributed by atoms with Gasteiger partial charge < -0.3 is 19.1 Å². The molecule has 2 rings (SSSR count). The highest BCUT2D eigenvalue weighted by molar-refractivity contribution is 5.90. The summed E-state index contributed by atoms with van der Waals surface area (Å²) in [6, 6.07) is 5.04. The van der Waals surface area contributed by atoms with Crippen LogP contribution in [0.25, 0.3) is 0 Å². The number of esters is 1. The van der Waals surface area contributed by atoms with E-state index in [9.17, 15) is 4.79 Å². The number of rotatable bonds is 4. The number of benzene rings is 1. The summed E-state index contributed by atoms with van der Waals surface area (Å²) in [5.74, 6) is 0.903. The highest BCUT2D eigenvalue weighted by Gasteiger charge is 2.18. The first-order valence-corrected chi connectivity index (χ1v) is 5.81. The Bertz CT molecular complexity index is 445. The van der Waals surface area contributed by atoms with Crippen LogP contribution in [-0.4, -0.2) is 44.4 Å². The van der Waals surface area contributed by atoms with E-state index in [4.69, 9.17) is 14.2 Å². The van der Waals surface area contributed by atoms with E-state index in [0.29, 0.717) is 23.6 Å². The first kappa shape index (κ1) is 12.7. The molecule has 1 atom stereocenters. The molecule has 0 aliphatic carbocycles. The first-order chi connectivity index (χ1) is 8.56. The molecule has 0 saturated heterocycles. The minimum absolute atomic E-state index is 0.155. The molecule has 0 saturated carbocycles. The smallest absolute Gasteiger partial charge is 0.338 e. The van der Waals surface area contributed by atoms with Crippen LogP contribution in [0.4, 0.5) is 0 Å². The maximum atomic E-state index is 11.9. The topological polar surface area (TPSA) is 48.0 Å². The lowest BCUT2D eigenvalue weighted by Crippen LogP contribution is -2.28. The SMILES string of the molecule is CC(CN(C)C)OC(=O)c1ccc2c(c1)OCO2. The summed E-state index contributed by atoms with van der Waals surface area (Å²) in [5, 5.41) is 0. The molecule has 1 aromatic carbocycles. The first-order valence-electron chi connectivity index (χ1n) is 5.81. The molecule has 18 heavy (non-hydrogen) atoms. The maximum absolute atomic E-state index is 11.9. The van der Waals surface area contributed by atoms with E-state index in [2.05, 4.69) is 0 Å². The number of nitrogens with zero attached hydrogens (tertiary/aromatic N) is 1. The van der Waals surface area contributed by atoms with Crippen molar-refractivity contribution in [2.75, 3.05) is 27.4 Å². The largest absolute Gasteiger partial charge is 0.458 e. The molecule has 1 heterocycles. The Balaban J connectivity index is 2.01. The Morgan fingerprint density at radius 2 is 2.11 bits per heavy atom. The number of hydrogen-bond donors (Lipinski definition) is 0. The highest BCUT2D eigenvalue weighted by atomic mass is 16.7. The average Bonchev–Trinajstić information content (AvgIpc) is 2.74. The van der Waals surface area contributed by atoms with Crippen LogP contribution < -0.4 is 9.47 Å². The van der Waals surface area contributed by atoms with Gasteiger partial charge in [-0.15, -0.1) is 0 Å². The van der Waals surface area contributed by atoms with Crippen LogP contribution in [0.1, 0.15) is 17.3 Å². The van der Waals surface area contributed by atoms with Gasteiger partial charge in [0.25, 0.3) is 0 Å². The molecule has 0 fully saturated rings. The molecule has 0 spiro atoms. The molecule has 0 amide bonds. The normalized spacial score (nSPS) is 14.7. The molecule has 1 aromatic rings. The second kappa shape index (κ2) is 5.27. The van der Waals surface area contributed by atoms with Crippen molar-refractivity contribution in [1.29, 1.82) is 0 Å². The van der Waals surface area contributed by atoms with E-state index >= 15 is 0 Å². The van der Waals surface area contributed by atoms with Crippen LogP contribution in [0, 0.1) is 0 Å². The Morgan fingerprint density at radius 3 is 2.83 bits per heavy atom. The van der Waals surface area contributed by atoms with Gasteiger partial charge in [-0.05, 0) is 39.2 Å². The lowest BCUT2D eigenvalue weighted by molar-refractivity contribution is 0.0288. The van der Waals surface area contributed by atoms with E-state index in [1.165, 1.54) is 0 Å². The number of hydrogen-bond acceptors (Lipinski definition) is 5. The summed E-state index contributed by atoms with van der Waals surface area (Å²) in [5.41, 5.74) is 0.477. The van der Waals surface area contributed by atoms with Gasteiger partial charge in [0.1, 0.15) is 6.10 Å². The zero-order chi connectivity index (χ0) is 13.1. The van der Waals surface area contributed by atoms with Gasteiger partial charge in [0.15, 0.2) is 11.5 Å². The van der Waals surface area contributed by atoms with Crippen LogP contribution in [0.15, 0.2) is 18.2 Å². The predicted molar refractivity (Wildman–Crippen MR) is 66.0 cm³/mol. The molecule has 5 heteroatoms. The zero-order valence-electron chi connectivity index (χ0n) is 10.8. The van der Waals surface area contributed by atoms with E-state index in [1.807, 2.05) is 25.9 Å². The lowest BCUT2D eigenvalue weighted by Gasteiger charge is -2.17. The minimum atomic E-state index is -0.345. The summed E-state index contributed by atoms with van der Waals surface area (Å²) in [6.45, 7) is 2.76. The maximum Gasteiger partial charge on any atom is 0.338 e. The molecule has 0 bridgehead atoms. The summed E-state index contributed by atoms with van der Waals surface area (Å²) >= 11 is 0. The van der Waals surface area contributed by atoms with Crippen molar-refractivity contribution in [2.45, 2.75) is 13.0 Å². The molecular formula is C13H17NO4. The van der Waals surface area contributed by atoms with Crippen molar-refractivity contribution in [1.82, 2.24) is 4.90 Å². The van der Waals surface area contributed by atoms with Crippen LogP contribution in [0.3, 0.4) is 0 Å². The Hall–Kier alpha value is -1.75. The van der Waals surface area contributed by atoms with Gasteiger partial charge in [0.2, 0.25) is 6.79 Å². The third-order valence-corrected chi connectivity index (χ3v) is 2.54. The van der Waals surface area contributed by atoms with E-state index in [1.54, 1.807) is 18.2 Å². The predicted octanol–water partition coefficient (Wildman–Crippen LogP) is 1.52. The average molecular weight is 251 g/mol. The summed E-state index contributed by atoms with van der Waals surface area (Å²) in [7, 11) is 3.87. The zero-order valence-corrected chi connectivity index (χ0v) is 10.8. The van der Waals surface area contributed by atoms with Crippen LogP contribution >= 0.6 is 0 Å². The fourth-order valence-electron chi connectivity index (χ4n) is 1.83. The quantitative estimate of drug-likeness (QED) is 0.759. The Morgan fingerprint density at radius 1 is 1.39 bits per heavy atom. The van der Waals surface area contributed by atoms with Gasteiger partial charge in [-0.1, -0.05) is 0 Å². The van der Waals surface area contributed by atoms with Gasteiger partial charge >= 0.3 is 5.97 Å². The van der Waals surface area contributed by atoms with E-state index in [-0.39, 0.29) is 18.9 Å². The van der Waals surface area contributed by atoms with Crippen molar-refractivity contribution in [3.05, 3.63) is 23.8 Å². The van der Waals surface area contributed by atoms with Gasteiger partial charge in [0, 0.05) is 6.54 Å². The molecule has 1 aliphatic rings. The fourth-order valence-corrected chi connectivity index (χ4v) is 1.83. The van der Waals surface area contributed by atoms with Gasteiger partial charge in [-0.3, -0.25) is 0 Å². The minimum Gasteiger partial charge on any atom is -0.458 e. The molecule has 0 radical (unpaired) electrons. The Labute approximate surface area is 106 Å². The molecule has 0 N–H and O–H groups in total. The summed E-state index contributed by atoms with van der Waals surface area (Å²) in [4.78, 5) is 13.9. The molecular weight excluding hydrogens is 234 g/mol. The third kappa shape index (κ3) is 2.92. The van der Waals surface area contributed by atoms with Crippen molar-refractivity contribution in [3.63, 3.8) is 0 Å². The van der Waals surface area contributed by atoms with Crippen molar-refractivity contribution < 1.29 is 19.0 Å². The van der Waals surface area contributed by atoms with Gasteiger partial charge in [-0.25, -0.2) is 4.79 Å². The van der Waals surface area contributed by atoms with Crippen LogP contribution in [0.5, 0.6) is 11.5 Å². The van der Waals surface area contributed by atoms with Gasteiger partial charge in [0.05, 0.1) is 5.56 Å². The molecule has 98 valence electrons. The standard InChI is InChI=1S/C13H17NO4/c1-9(7-14(2)3)18-13(15)10-4-5-11-12(6-10)17-8-16-11/h4-6,9H,7-8H2,1-3H3.